The van der Waals surface area contributed by atoms with Gasteiger partial charge in [-0.25, -0.2) is 17.9 Å². The molecule has 0 atom stereocenters. The third-order valence-corrected chi connectivity index (χ3v) is 4.48. The maximum absolute atomic E-state index is 13.7. The fraction of sp³-hybridized carbons (Fsp3) is 0.417. The van der Waals surface area contributed by atoms with Crippen LogP contribution in [-0.4, -0.2) is 20.9 Å². The lowest BCUT2D eigenvalue weighted by Crippen LogP contribution is -2.26. The lowest BCUT2D eigenvalue weighted by molar-refractivity contribution is 0.0948. The van der Waals surface area contributed by atoms with Gasteiger partial charge in [-0.1, -0.05) is 24.4 Å². The van der Waals surface area contributed by atoms with E-state index in [0.717, 1.165) is 31.4 Å². The Morgan fingerprint density at radius 2 is 2.10 bits per heavy atom. The van der Waals surface area contributed by atoms with Crippen molar-refractivity contribution in [3.05, 3.63) is 28.5 Å². The average molecular weight is 321 g/mol. The first-order chi connectivity index (χ1) is 9.29. The first kappa shape index (κ1) is 15.2. The van der Waals surface area contributed by atoms with Crippen LogP contribution in [0.3, 0.4) is 0 Å². The SMILES string of the molecule is NS(=O)(=O)c1cc(C(=O)NCCC2CC2)c(F)cc1Cl. The van der Waals surface area contributed by atoms with Crippen LogP contribution < -0.4 is 10.5 Å². The Morgan fingerprint density at radius 3 is 2.65 bits per heavy atom. The van der Waals surface area contributed by atoms with Crippen LogP contribution in [0.4, 0.5) is 4.39 Å². The number of nitrogens with two attached hydrogens (primary N) is 1. The Balaban J connectivity index is 2.19. The number of hydrogen-bond acceptors (Lipinski definition) is 3. The van der Waals surface area contributed by atoms with Gasteiger partial charge < -0.3 is 5.32 Å². The van der Waals surface area contributed by atoms with Gasteiger partial charge in [-0.05, 0) is 24.5 Å². The molecule has 0 radical (unpaired) electrons. The zero-order chi connectivity index (χ0) is 14.9. The van der Waals surface area contributed by atoms with E-state index in [-0.39, 0.29) is 10.6 Å². The highest BCUT2D eigenvalue weighted by Crippen LogP contribution is 2.31. The fourth-order valence-corrected chi connectivity index (χ4v) is 2.90. The van der Waals surface area contributed by atoms with Crippen LogP contribution in [0, 0.1) is 11.7 Å². The van der Waals surface area contributed by atoms with Crippen LogP contribution in [-0.2, 0) is 10.0 Å². The summed E-state index contributed by atoms with van der Waals surface area (Å²) in [5, 5.41) is 7.16. The Kier molecular flexibility index (Phi) is 4.31. The van der Waals surface area contributed by atoms with E-state index in [9.17, 15) is 17.6 Å². The number of benzene rings is 1. The van der Waals surface area contributed by atoms with Gasteiger partial charge in [0.1, 0.15) is 10.7 Å². The predicted octanol–water partition coefficient (Wildman–Crippen LogP) is 1.66. The number of amides is 1. The van der Waals surface area contributed by atoms with Crippen molar-refractivity contribution in [2.45, 2.75) is 24.2 Å². The minimum absolute atomic E-state index is 0.348. The van der Waals surface area contributed by atoms with E-state index in [1.165, 1.54) is 0 Å². The van der Waals surface area contributed by atoms with E-state index < -0.39 is 26.6 Å². The van der Waals surface area contributed by atoms with Crippen LogP contribution >= 0.6 is 11.6 Å². The number of nitrogens with one attached hydrogen (secondary N) is 1. The highest BCUT2D eigenvalue weighted by atomic mass is 35.5. The molecule has 0 bridgehead atoms. The first-order valence-electron chi connectivity index (χ1n) is 6.09. The second-order valence-corrected chi connectivity index (χ2v) is 6.73. The van der Waals surface area contributed by atoms with Gasteiger partial charge in [0.25, 0.3) is 5.91 Å². The summed E-state index contributed by atoms with van der Waals surface area (Å²) < 4.78 is 36.3. The standard InChI is InChI=1S/C12H14ClFN2O3S/c13-9-6-10(14)8(5-11(9)20(15,18)19)12(17)16-4-3-7-1-2-7/h5-7H,1-4H2,(H,16,17)(H2,15,18,19). The van der Waals surface area contributed by atoms with Crippen LogP contribution in [0.1, 0.15) is 29.6 Å². The summed E-state index contributed by atoms with van der Waals surface area (Å²) in [6, 6.07) is 1.64. The van der Waals surface area contributed by atoms with Crippen molar-refractivity contribution in [2.24, 2.45) is 11.1 Å². The maximum Gasteiger partial charge on any atom is 0.254 e. The molecule has 0 heterocycles. The van der Waals surface area contributed by atoms with Crippen molar-refractivity contribution < 1.29 is 17.6 Å². The molecular weight excluding hydrogens is 307 g/mol. The van der Waals surface area contributed by atoms with Gasteiger partial charge >= 0.3 is 0 Å². The van der Waals surface area contributed by atoms with E-state index in [1.807, 2.05) is 0 Å². The molecule has 0 spiro atoms. The number of primary sulfonamides is 1. The lowest BCUT2D eigenvalue weighted by atomic mass is 10.2. The molecule has 0 unspecified atom stereocenters. The van der Waals surface area contributed by atoms with Gasteiger partial charge in [0.15, 0.2) is 0 Å². The molecule has 2 rings (SSSR count). The molecule has 1 amide bonds. The fourth-order valence-electron chi connectivity index (χ4n) is 1.81. The predicted molar refractivity (Wildman–Crippen MR) is 72.5 cm³/mol. The third-order valence-electron chi connectivity index (χ3n) is 3.11. The summed E-state index contributed by atoms with van der Waals surface area (Å²) >= 11 is 5.61. The second kappa shape index (κ2) is 5.67. The number of carbonyl (C=O) groups excluding carboxylic acids is 1. The number of rotatable bonds is 5. The van der Waals surface area contributed by atoms with E-state index in [2.05, 4.69) is 5.32 Å². The molecule has 1 fully saturated rings. The van der Waals surface area contributed by atoms with Gasteiger partial charge in [-0.3, -0.25) is 4.79 Å². The topological polar surface area (TPSA) is 89.3 Å². The van der Waals surface area contributed by atoms with Crippen molar-refractivity contribution in [2.75, 3.05) is 6.54 Å². The number of sulfonamides is 1. The summed E-state index contributed by atoms with van der Waals surface area (Å²) in [4.78, 5) is 11.4. The molecule has 0 aromatic heterocycles. The second-order valence-electron chi connectivity index (χ2n) is 4.80. The molecule has 0 saturated heterocycles. The number of carbonyl (C=O) groups is 1. The molecule has 1 aromatic carbocycles. The van der Waals surface area contributed by atoms with Crippen molar-refractivity contribution in [3.63, 3.8) is 0 Å². The molecule has 110 valence electrons. The largest absolute Gasteiger partial charge is 0.352 e. The Morgan fingerprint density at radius 1 is 1.45 bits per heavy atom. The summed E-state index contributed by atoms with van der Waals surface area (Å²) in [7, 11) is -4.11. The number of hydrogen-bond donors (Lipinski definition) is 2. The molecule has 1 saturated carbocycles. The Labute approximate surface area is 121 Å². The maximum atomic E-state index is 13.7. The van der Waals surface area contributed by atoms with Crippen LogP contribution in [0.5, 0.6) is 0 Å². The van der Waals surface area contributed by atoms with E-state index in [4.69, 9.17) is 16.7 Å². The highest BCUT2D eigenvalue weighted by Gasteiger charge is 2.23. The van der Waals surface area contributed by atoms with Crippen LogP contribution in [0.15, 0.2) is 17.0 Å². The van der Waals surface area contributed by atoms with E-state index in [1.54, 1.807) is 0 Å². The number of halogens is 2. The van der Waals surface area contributed by atoms with Crippen molar-refractivity contribution in [1.29, 1.82) is 0 Å². The van der Waals surface area contributed by atoms with Crippen molar-refractivity contribution in [1.82, 2.24) is 5.32 Å². The van der Waals surface area contributed by atoms with Gasteiger partial charge in [0.2, 0.25) is 10.0 Å². The Bertz CT molecular complexity index is 644. The molecule has 1 aliphatic carbocycles. The molecule has 1 aromatic rings. The van der Waals surface area contributed by atoms with Gasteiger partial charge in [-0.2, -0.15) is 0 Å². The summed E-state index contributed by atoms with van der Waals surface area (Å²) in [5.41, 5.74) is -0.380. The lowest BCUT2D eigenvalue weighted by Gasteiger charge is -2.08. The highest BCUT2D eigenvalue weighted by molar-refractivity contribution is 7.89. The monoisotopic (exact) mass is 320 g/mol. The molecule has 8 heteroatoms. The van der Waals surface area contributed by atoms with Crippen molar-refractivity contribution >= 4 is 27.5 Å². The molecule has 0 aliphatic heterocycles. The summed E-state index contributed by atoms with van der Waals surface area (Å²) in [6.45, 7) is 0.427. The quantitative estimate of drug-likeness (QED) is 0.864. The van der Waals surface area contributed by atoms with Crippen LogP contribution in [0.25, 0.3) is 0 Å². The van der Waals surface area contributed by atoms with E-state index >= 15 is 0 Å². The average Bonchev–Trinajstić information content (AvgIpc) is 3.11. The van der Waals surface area contributed by atoms with Crippen molar-refractivity contribution in [3.8, 4) is 0 Å². The first-order valence-corrected chi connectivity index (χ1v) is 8.01. The zero-order valence-electron chi connectivity index (χ0n) is 10.5. The van der Waals surface area contributed by atoms with Crippen LogP contribution in [0.2, 0.25) is 5.02 Å². The molecular formula is C12H14ClFN2O3S. The van der Waals surface area contributed by atoms with Gasteiger partial charge in [0, 0.05) is 6.54 Å². The smallest absolute Gasteiger partial charge is 0.254 e. The molecule has 1 aliphatic rings. The van der Waals surface area contributed by atoms with Gasteiger partial charge in [0.05, 0.1) is 10.6 Å². The third kappa shape index (κ3) is 3.68. The van der Waals surface area contributed by atoms with Gasteiger partial charge in [-0.15, -0.1) is 0 Å². The normalized spacial score (nSPS) is 15.2. The summed E-state index contributed by atoms with van der Waals surface area (Å²) in [6.07, 6.45) is 3.14. The molecule has 3 N–H and O–H groups in total. The van der Waals surface area contributed by atoms with E-state index in [0.29, 0.717) is 12.5 Å². The minimum atomic E-state index is -4.11. The molecule has 5 nitrogen and oxygen atoms in total. The zero-order valence-corrected chi connectivity index (χ0v) is 12.1. The summed E-state index contributed by atoms with van der Waals surface area (Å²) in [5.74, 6) is -0.929. The minimum Gasteiger partial charge on any atom is -0.352 e. The molecule has 20 heavy (non-hydrogen) atoms. The Hall–Kier alpha value is -1.18.